The minimum absolute atomic E-state index is 0.184. The second kappa shape index (κ2) is 8.89. The summed E-state index contributed by atoms with van der Waals surface area (Å²) in [4.78, 5) is 15.9. The molecule has 0 bridgehead atoms. The van der Waals surface area contributed by atoms with Crippen molar-refractivity contribution in [3.8, 4) is 0 Å². The Hall–Kier alpha value is -2.17. The summed E-state index contributed by atoms with van der Waals surface area (Å²) >= 11 is 0. The van der Waals surface area contributed by atoms with E-state index < -0.39 is 5.41 Å². The largest absolute Gasteiger partial charge is 0.381 e. The van der Waals surface area contributed by atoms with Crippen LogP contribution in [-0.4, -0.2) is 43.2 Å². The van der Waals surface area contributed by atoms with Gasteiger partial charge in [-0.15, -0.1) is 0 Å². The van der Waals surface area contributed by atoms with Gasteiger partial charge in [0, 0.05) is 38.9 Å². The number of benzene rings is 2. The zero-order valence-corrected chi connectivity index (χ0v) is 16.5. The van der Waals surface area contributed by atoms with Gasteiger partial charge in [-0.25, -0.2) is 0 Å². The van der Waals surface area contributed by atoms with Gasteiger partial charge in [-0.2, -0.15) is 0 Å². The van der Waals surface area contributed by atoms with Gasteiger partial charge in [-0.05, 0) is 36.8 Å². The lowest BCUT2D eigenvalue weighted by Gasteiger charge is -2.39. The van der Waals surface area contributed by atoms with Gasteiger partial charge < -0.3 is 10.1 Å². The maximum atomic E-state index is 13.4. The second-order valence-corrected chi connectivity index (χ2v) is 8.07. The number of ether oxygens (including phenoxy) is 1. The minimum Gasteiger partial charge on any atom is -0.381 e. The molecule has 4 heteroatoms. The zero-order chi connectivity index (χ0) is 19.2. The fraction of sp³-hybridized carbons (Fsp3) is 0.458. The normalized spacial score (nSPS) is 20.6. The standard InChI is InChI=1S/C24H30N2O2/c27-23(24(13-17-28-18-14-24)21-9-5-2-6-10-21)25-22-11-15-26(16-12-22)19-20-7-3-1-4-8-20/h1-10,22H,11-19H2,(H,25,27). The quantitative estimate of drug-likeness (QED) is 0.866. The topological polar surface area (TPSA) is 41.6 Å². The van der Waals surface area contributed by atoms with Crippen LogP contribution in [0.4, 0.5) is 0 Å². The van der Waals surface area contributed by atoms with Gasteiger partial charge in [0.1, 0.15) is 0 Å². The van der Waals surface area contributed by atoms with Crippen LogP contribution in [0.1, 0.15) is 36.8 Å². The summed E-state index contributed by atoms with van der Waals surface area (Å²) in [6.07, 6.45) is 3.55. The summed E-state index contributed by atoms with van der Waals surface area (Å²) in [5, 5.41) is 3.39. The molecule has 0 spiro atoms. The third-order valence-electron chi connectivity index (χ3n) is 6.28. The summed E-state index contributed by atoms with van der Waals surface area (Å²) in [5.74, 6) is 0.184. The molecule has 1 N–H and O–H groups in total. The number of nitrogens with one attached hydrogen (secondary N) is 1. The smallest absolute Gasteiger partial charge is 0.231 e. The minimum atomic E-state index is -0.444. The van der Waals surface area contributed by atoms with Gasteiger partial charge in [0.05, 0.1) is 5.41 Å². The lowest BCUT2D eigenvalue weighted by Crippen LogP contribution is -2.53. The van der Waals surface area contributed by atoms with E-state index in [4.69, 9.17) is 4.74 Å². The molecule has 0 aliphatic carbocycles. The Morgan fingerprint density at radius 2 is 1.57 bits per heavy atom. The molecule has 0 saturated carbocycles. The van der Waals surface area contributed by atoms with Crippen LogP contribution in [0.2, 0.25) is 0 Å². The average Bonchev–Trinajstić information content (AvgIpc) is 2.77. The third kappa shape index (κ3) is 4.29. The van der Waals surface area contributed by atoms with Crippen molar-refractivity contribution in [2.45, 2.75) is 43.7 Å². The monoisotopic (exact) mass is 378 g/mol. The molecule has 0 unspecified atom stereocenters. The Kier molecular flexibility index (Phi) is 6.08. The highest BCUT2D eigenvalue weighted by Gasteiger charge is 2.42. The number of hydrogen-bond donors (Lipinski definition) is 1. The van der Waals surface area contributed by atoms with Crippen LogP contribution in [0.3, 0.4) is 0 Å². The highest BCUT2D eigenvalue weighted by Crippen LogP contribution is 2.35. The molecule has 4 nitrogen and oxygen atoms in total. The Morgan fingerprint density at radius 3 is 2.21 bits per heavy atom. The van der Waals surface area contributed by atoms with Crippen molar-refractivity contribution in [2.24, 2.45) is 0 Å². The Morgan fingerprint density at radius 1 is 0.964 bits per heavy atom. The number of hydrogen-bond acceptors (Lipinski definition) is 3. The van der Waals surface area contributed by atoms with E-state index in [0.717, 1.165) is 50.9 Å². The maximum absolute atomic E-state index is 13.4. The van der Waals surface area contributed by atoms with E-state index in [2.05, 4.69) is 52.7 Å². The van der Waals surface area contributed by atoms with Crippen LogP contribution in [-0.2, 0) is 21.5 Å². The molecule has 0 atom stereocenters. The summed E-state index contributed by atoms with van der Waals surface area (Å²) in [6, 6.07) is 21.1. The van der Waals surface area contributed by atoms with Gasteiger partial charge in [-0.3, -0.25) is 9.69 Å². The number of rotatable bonds is 5. The lowest BCUT2D eigenvalue weighted by atomic mass is 9.73. The van der Waals surface area contributed by atoms with Crippen molar-refractivity contribution in [1.82, 2.24) is 10.2 Å². The first-order valence-corrected chi connectivity index (χ1v) is 10.5. The lowest BCUT2D eigenvalue weighted by molar-refractivity contribution is -0.131. The molecule has 2 aromatic rings. The molecule has 2 saturated heterocycles. The van der Waals surface area contributed by atoms with Crippen molar-refractivity contribution in [3.63, 3.8) is 0 Å². The predicted octanol–water partition coefficient (Wildman–Crippen LogP) is 3.52. The average molecular weight is 379 g/mol. The van der Waals surface area contributed by atoms with Crippen LogP contribution in [0.15, 0.2) is 60.7 Å². The van der Waals surface area contributed by atoms with Crippen molar-refractivity contribution in [1.29, 1.82) is 0 Å². The molecular weight excluding hydrogens is 348 g/mol. The van der Waals surface area contributed by atoms with E-state index in [1.807, 2.05) is 18.2 Å². The van der Waals surface area contributed by atoms with Crippen molar-refractivity contribution in [2.75, 3.05) is 26.3 Å². The van der Waals surface area contributed by atoms with Crippen molar-refractivity contribution < 1.29 is 9.53 Å². The Bertz CT molecular complexity index is 749. The van der Waals surface area contributed by atoms with Gasteiger partial charge >= 0.3 is 0 Å². The van der Waals surface area contributed by atoms with Crippen LogP contribution in [0, 0.1) is 0 Å². The van der Waals surface area contributed by atoms with Crippen molar-refractivity contribution >= 4 is 5.91 Å². The van der Waals surface area contributed by atoms with E-state index in [-0.39, 0.29) is 11.9 Å². The van der Waals surface area contributed by atoms with Crippen LogP contribution in [0.5, 0.6) is 0 Å². The van der Waals surface area contributed by atoms with Crippen LogP contribution in [0.25, 0.3) is 0 Å². The van der Waals surface area contributed by atoms with Crippen LogP contribution >= 0.6 is 0 Å². The van der Waals surface area contributed by atoms with Gasteiger partial charge in [-0.1, -0.05) is 60.7 Å². The molecule has 2 heterocycles. The van der Waals surface area contributed by atoms with Gasteiger partial charge in [0.2, 0.25) is 5.91 Å². The van der Waals surface area contributed by atoms with Gasteiger partial charge in [0.25, 0.3) is 0 Å². The summed E-state index contributed by atoms with van der Waals surface area (Å²) < 4.78 is 5.57. The first kappa shape index (κ1) is 19.2. The molecule has 4 rings (SSSR count). The zero-order valence-electron chi connectivity index (χ0n) is 16.5. The Labute approximate surface area is 167 Å². The van der Waals surface area contributed by atoms with E-state index in [1.54, 1.807) is 0 Å². The predicted molar refractivity (Wildman–Crippen MR) is 111 cm³/mol. The molecule has 0 aromatic heterocycles. The van der Waals surface area contributed by atoms with E-state index in [9.17, 15) is 4.79 Å². The molecule has 2 aliphatic heterocycles. The van der Waals surface area contributed by atoms with Crippen molar-refractivity contribution in [3.05, 3.63) is 71.8 Å². The molecule has 2 aromatic carbocycles. The fourth-order valence-corrected chi connectivity index (χ4v) is 4.52. The molecule has 2 fully saturated rings. The molecule has 28 heavy (non-hydrogen) atoms. The van der Waals surface area contributed by atoms with Crippen LogP contribution < -0.4 is 5.32 Å². The molecule has 148 valence electrons. The number of nitrogens with zero attached hydrogens (tertiary/aromatic N) is 1. The van der Waals surface area contributed by atoms with E-state index in [0.29, 0.717) is 13.2 Å². The first-order chi connectivity index (χ1) is 13.8. The highest BCUT2D eigenvalue weighted by atomic mass is 16.5. The second-order valence-electron chi connectivity index (χ2n) is 8.07. The number of carbonyl (C=O) groups excluding carboxylic acids is 1. The van der Waals surface area contributed by atoms with Gasteiger partial charge in [0.15, 0.2) is 0 Å². The highest BCUT2D eigenvalue weighted by molar-refractivity contribution is 5.88. The number of amides is 1. The van der Waals surface area contributed by atoms with E-state index in [1.165, 1.54) is 5.56 Å². The third-order valence-corrected chi connectivity index (χ3v) is 6.28. The molecule has 2 aliphatic rings. The molecule has 0 radical (unpaired) electrons. The first-order valence-electron chi connectivity index (χ1n) is 10.5. The Balaban J connectivity index is 1.36. The molecule has 1 amide bonds. The number of carbonyl (C=O) groups is 1. The summed E-state index contributed by atoms with van der Waals surface area (Å²) in [5.41, 5.74) is 2.04. The number of piperidine rings is 1. The fourth-order valence-electron chi connectivity index (χ4n) is 4.52. The maximum Gasteiger partial charge on any atom is 0.231 e. The SMILES string of the molecule is O=C(NC1CCN(Cc2ccccc2)CC1)C1(c2ccccc2)CCOCC1. The number of likely N-dealkylation sites (tertiary alicyclic amines) is 1. The van der Waals surface area contributed by atoms with E-state index >= 15 is 0 Å². The summed E-state index contributed by atoms with van der Waals surface area (Å²) in [7, 11) is 0. The molecular formula is C24H30N2O2. The summed E-state index contributed by atoms with van der Waals surface area (Å²) in [6.45, 7) is 4.35.